The molecule has 446 valence electrons. The Labute approximate surface area is 502 Å². The number of halogens is 5. The summed E-state index contributed by atoms with van der Waals surface area (Å²) in [6, 6.07) is 27.6. The van der Waals surface area contributed by atoms with Crippen molar-refractivity contribution < 1.29 is 36.3 Å². The van der Waals surface area contributed by atoms with Gasteiger partial charge in [-0.05, 0) is 111 Å². The lowest BCUT2D eigenvalue weighted by Gasteiger charge is -2.17. The third-order valence-corrected chi connectivity index (χ3v) is 16.4. The van der Waals surface area contributed by atoms with Gasteiger partial charge >= 0.3 is 0 Å². The largest absolute Gasteiger partial charge is 0.397 e. The fraction of sp³-hybridized carbons (Fsp3) is 0.266. The van der Waals surface area contributed by atoms with Gasteiger partial charge in [0.15, 0.2) is 11.6 Å². The van der Waals surface area contributed by atoms with Crippen molar-refractivity contribution in [1.82, 2.24) is 54.6 Å². The van der Waals surface area contributed by atoms with Crippen molar-refractivity contribution in [2.75, 3.05) is 56.5 Å². The Bertz CT molecular complexity index is 3930. The molecule has 87 heavy (non-hydrogen) atoms. The number of rotatable bonds is 12. The molecule has 0 radical (unpaired) electrons. The van der Waals surface area contributed by atoms with Crippen molar-refractivity contribution in [3.63, 3.8) is 0 Å². The van der Waals surface area contributed by atoms with Crippen LogP contribution in [0.2, 0.25) is 0 Å². The molecular formula is C64H61F5N14O3S. The molecule has 0 aliphatic carbocycles. The second-order valence-electron chi connectivity index (χ2n) is 21.5. The number of carbonyl (C=O) groups is 3. The lowest BCUT2D eigenvalue weighted by Crippen LogP contribution is -2.30. The number of pyridine rings is 3. The quantitative estimate of drug-likeness (QED) is 0.0965. The van der Waals surface area contributed by atoms with Crippen molar-refractivity contribution in [2.45, 2.75) is 70.1 Å². The summed E-state index contributed by atoms with van der Waals surface area (Å²) in [4.78, 5) is 79.0. The molecule has 3 aromatic carbocycles. The second kappa shape index (κ2) is 27.2. The molecule has 3 amide bonds. The average Bonchev–Trinajstić information content (AvgIpc) is 4.12. The molecule has 9 aromatic rings. The number of nitrogens with two attached hydrogens (primary N) is 3. The molecule has 9 heterocycles. The highest BCUT2D eigenvalue weighted by molar-refractivity contribution is 7.11. The van der Waals surface area contributed by atoms with Gasteiger partial charge in [-0.1, -0.05) is 24.3 Å². The summed E-state index contributed by atoms with van der Waals surface area (Å²) in [5.74, 6) is -1.47. The number of aryl methyl sites for hydroxylation is 2. The molecule has 3 saturated heterocycles. The Hall–Kier alpha value is -9.64. The van der Waals surface area contributed by atoms with E-state index >= 15 is 0 Å². The molecule has 3 atom stereocenters. The normalized spacial score (nSPS) is 16.3. The Morgan fingerprint density at radius 1 is 0.483 bits per heavy atom. The van der Waals surface area contributed by atoms with Crippen molar-refractivity contribution in [3.8, 4) is 33.8 Å². The number of likely N-dealkylation sites (tertiary alicyclic amines) is 3. The van der Waals surface area contributed by atoms with E-state index in [4.69, 9.17) is 17.2 Å². The third-order valence-electron chi connectivity index (χ3n) is 15.4. The van der Waals surface area contributed by atoms with E-state index in [0.29, 0.717) is 96.4 Å². The zero-order valence-electron chi connectivity index (χ0n) is 47.6. The van der Waals surface area contributed by atoms with Gasteiger partial charge in [-0.15, -0.1) is 11.3 Å². The Kier molecular flexibility index (Phi) is 18.9. The van der Waals surface area contributed by atoms with Crippen LogP contribution in [0.5, 0.6) is 0 Å². The van der Waals surface area contributed by atoms with E-state index in [2.05, 4.69) is 39.9 Å². The third kappa shape index (κ3) is 15.1. The van der Waals surface area contributed by atoms with Crippen molar-refractivity contribution >= 4 is 46.1 Å². The summed E-state index contributed by atoms with van der Waals surface area (Å²) >= 11 is 1.66. The predicted molar refractivity (Wildman–Crippen MR) is 321 cm³/mol. The number of hydrogen-bond acceptors (Lipinski definition) is 15. The Morgan fingerprint density at radius 2 is 0.920 bits per heavy atom. The molecule has 0 spiro atoms. The Balaban J connectivity index is 0.000000144. The molecule has 3 unspecified atom stereocenters. The summed E-state index contributed by atoms with van der Waals surface area (Å²) < 4.78 is 66.4. The van der Waals surface area contributed by atoms with Crippen LogP contribution in [0.15, 0.2) is 134 Å². The van der Waals surface area contributed by atoms with Crippen molar-refractivity contribution in [2.24, 2.45) is 0 Å². The number of nitrogens with zero attached hydrogens (tertiary/aromatic N) is 11. The summed E-state index contributed by atoms with van der Waals surface area (Å²) in [7, 11) is 0. The maximum Gasteiger partial charge on any atom is 0.228 e. The van der Waals surface area contributed by atoms with Gasteiger partial charge < -0.3 is 31.9 Å². The number of aromatic nitrogens is 8. The van der Waals surface area contributed by atoms with Crippen LogP contribution in [0.4, 0.5) is 39.0 Å². The molecule has 23 heteroatoms. The van der Waals surface area contributed by atoms with E-state index in [0.717, 1.165) is 82.4 Å². The van der Waals surface area contributed by atoms with Crippen molar-refractivity contribution in [1.29, 1.82) is 0 Å². The molecule has 17 nitrogen and oxygen atoms in total. The van der Waals surface area contributed by atoms with Gasteiger partial charge in [0.05, 0.1) is 100 Å². The number of amides is 3. The van der Waals surface area contributed by atoms with Crippen LogP contribution in [0, 0.1) is 42.9 Å². The molecule has 6 N–H and O–H groups in total. The number of nitrogen functional groups attached to an aromatic ring is 3. The minimum Gasteiger partial charge on any atom is -0.397 e. The number of carbonyl (C=O) groups excluding carboxylic acids is 3. The van der Waals surface area contributed by atoms with E-state index in [9.17, 15) is 36.3 Å². The number of thiazole rings is 1. The van der Waals surface area contributed by atoms with Crippen LogP contribution < -0.4 is 17.2 Å². The topological polar surface area (TPSA) is 242 Å². The number of benzene rings is 3. The van der Waals surface area contributed by atoms with E-state index in [-0.39, 0.29) is 66.1 Å². The van der Waals surface area contributed by atoms with Gasteiger partial charge in [-0.3, -0.25) is 29.3 Å². The van der Waals surface area contributed by atoms with Crippen LogP contribution in [-0.2, 0) is 33.6 Å². The standard InChI is InChI=1S/C22H22FN5O.C21H19F2N5O.C21H20F2N4OS/c1-14-4-2-3-5-17(14)19-7-6-18(24)20(27-19)10-21(29)28-9-8-15(13-28)22-25-11-16(23)12-26-22;22-15-3-1-13(2-4-15)18-6-5-17(24)19(27-18)9-20(29)28-8-7-14(12-28)21-25-10-16(23)11-26-21;1-12-10-25-21(29-12)13-6-7-27(11-13)20(28)9-19-17(24)4-5-18(26-19)15-3-2-14(22)8-16(15)23/h2-7,11-12,15H,8-10,13,24H2,1H3;1-6,10-11,14H,7-9,12,24H2;2-5,8,10,13H,6-7,9,11,24H2,1H3. The van der Waals surface area contributed by atoms with Gasteiger partial charge in [0, 0.05) is 90.9 Å². The highest BCUT2D eigenvalue weighted by atomic mass is 32.1. The molecule has 0 bridgehead atoms. The first-order chi connectivity index (χ1) is 41.9. The SMILES string of the molecule is Cc1ccccc1-c1ccc(N)c(CC(=O)N2CCC(c3ncc(F)cn3)C2)n1.Cc1cnc(C2CCN(C(=O)Cc3nc(-c4ccc(F)cc4F)ccc3N)C2)s1.Nc1ccc(-c2ccc(F)cc2)nc1CC(=O)N1CCC(c2ncc(F)cn2)C1. The molecule has 3 aliphatic heterocycles. The van der Waals surface area contributed by atoms with E-state index in [1.54, 1.807) is 68.5 Å². The minimum atomic E-state index is -0.708. The van der Waals surface area contributed by atoms with Crippen molar-refractivity contribution in [3.05, 3.63) is 207 Å². The molecule has 6 aromatic heterocycles. The summed E-state index contributed by atoms with van der Waals surface area (Å²) in [6.45, 7) is 7.50. The van der Waals surface area contributed by atoms with E-state index in [1.807, 2.05) is 50.4 Å². The highest BCUT2D eigenvalue weighted by Crippen LogP contribution is 2.33. The predicted octanol–water partition coefficient (Wildman–Crippen LogP) is 10.0. The summed E-state index contributed by atoms with van der Waals surface area (Å²) in [5, 5.41) is 1.06. The summed E-state index contributed by atoms with van der Waals surface area (Å²) in [5.41, 5.74) is 25.7. The fourth-order valence-electron chi connectivity index (χ4n) is 10.6. The Morgan fingerprint density at radius 3 is 1.39 bits per heavy atom. The lowest BCUT2D eigenvalue weighted by molar-refractivity contribution is -0.130. The van der Waals surface area contributed by atoms with Crippen LogP contribution in [0.25, 0.3) is 33.8 Å². The van der Waals surface area contributed by atoms with Gasteiger partial charge in [0.2, 0.25) is 17.7 Å². The van der Waals surface area contributed by atoms with Gasteiger partial charge in [0.25, 0.3) is 0 Å². The smallest absolute Gasteiger partial charge is 0.228 e. The maximum absolute atomic E-state index is 14.1. The number of anilines is 3. The summed E-state index contributed by atoms with van der Waals surface area (Å²) in [6.07, 6.45) is 9.04. The maximum atomic E-state index is 14.1. The molecule has 0 saturated carbocycles. The lowest BCUT2D eigenvalue weighted by atomic mass is 10.0. The molecule has 3 fully saturated rings. The van der Waals surface area contributed by atoms with Crippen LogP contribution in [-0.4, -0.2) is 112 Å². The number of hydrogen-bond donors (Lipinski definition) is 3. The molecular weight excluding hydrogens is 1140 g/mol. The molecule has 12 rings (SSSR count). The second-order valence-corrected chi connectivity index (χ2v) is 22.7. The minimum absolute atomic E-state index is 0.0168. The van der Waals surface area contributed by atoms with Gasteiger partial charge in [0.1, 0.15) is 29.1 Å². The highest BCUT2D eigenvalue weighted by Gasteiger charge is 2.32. The van der Waals surface area contributed by atoms with Gasteiger partial charge in [-0.25, -0.2) is 46.9 Å². The van der Waals surface area contributed by atoms with Crippen LogP contribution in [0.1, 0.15) is 81.2 Å². The first-order valence-corrected chi connectivity index (χ1v) is 29.0. The first kappa shape index (κ1) is 60.5. The zero-order valence-corrected chi connectivity index (χ0v) is 48.4. The van der Waals surface area contributed by atoms with Crippen LogP contribution >= 0.6 is 11.3 Å². The first-order valence-electron chi connectivity index (χ1n) is 28.1. The van der Waals surface area contributed by atoms with Gasteiger partial charge in [-0.2, -0.15) is 0 Å². The zero-order chi connectivity index (χ0) is 61.3. The van der Waals surface area contributed by atoms with E-state index in [1.165, 1.54) is 24.3 Å². The average molecular weight is 1200 g/mol. The molecule has 3 aliphatic rings. The van der Waals surface area contributed by atoms with Crippen LogP contribution in [0.3, 0.4) is 0 Å². The fourth-order valence-corrected chi connectivity index (χ4v) is 11.5. The monoisotopic (exact) mass is 1200 g/mol. The van der Waals surface area contributed by atoms with E-state index < -0.39 is 23.3 Å².